The molecule has 1 heterocycles. The molecule has 0 bridgehead atoms. The van der Waals surface area contributed by atoms with E-state index in [0.29, 0.717) is 23.2 Å². The summed E-state index contributed by atoms with van der Waals surface area (Å²) in [6.07, 6.45) is 2.10. The van der Waals surface area contributed by atoms with Crippen LogP contribution in [0.4, 0.5) is 4.79 Å². The van der Waals surface area contributed by atoms with E-state index in [1.165, 1.54) is 6.42 Å². The van der Waals surface area contributed by atoms with Crippen molar-refractivity contribution in [1.29, 1.82) is 0 Å². The summed E-state index contributed by atoms with van der Waals surface area (Å²) < 4.78 is 5.56. The van der Waals surface area contributed by atoms with Crippen molar-refractivity contribution in [3.63, 3.8) is 0 Å². The Morgan fingerprint density at radius 1 is 1.33 bits per heavy atom. The summed E-state index contributed by atoms with van der Waals surface area (Å²) in [6, 6.07) is 0.272. The third kappa shape index (κ3) is 3.36. The first-order valence-electron chi connectivity index (χ1n) is 8.27. The highest BCUT2D eigenvalue weighted by Gasteiger charge is 2.60. The maximum absolute atomic E-state index is 12.4. The molecule has 1 saturated carbocycles. The molecule has 2 fully saturated rings. The van der Waals surface area contributed by atoms with Gasteiger partial charge in [-0.25, -0.2) is 4.79 Å². The van der Waals surface area contributed by atoms with E-state index in [9.17, 15) is 4.79 Å². The average molecular weight is 296 g/mol. The fourth-order valence-corrected chi connectivity index (χ4v) is 4.18. The molecular formula is C17H32N2O2. The fraction of sp³-hybridized carbons (Fsp3) is 0.941. The summed E-state index contributed by atoms with van der Waals surface area (Å²) in [7, 11) is 0. The highest BCUT2D eigenvalue weighted by atomic mass is 16.6. The Bertz CT molecular complexity index is 400. The maximum Gasteiger partial charge on any atom is 0.410 e. The van der Waals surface area contributed by atoms with Gasteiger partial charge in [-0.15, -0.1) is 0 Å². The van der Waals surface area contributed by atoms with Crippen LogP contribution in [0.15, 0.2) is 0 Å². The van der Waals surface area contributed by atoms with Crippen molar-refractivity contribution >= 4 is 6.09 Å². The number of piperidine rings is 1. The quantitative estimate of drug-likeness (QED) is 0.851. The second-order valence-electron chi connectivity index (χ2n) is 8.51. The summed E-state index contributed by atoms with van der Waals surface area (Å²) in [5.41, 5.74) is 5.81. The summed E-state index contributed by atoms with van der Waals surface area (Å²) in [5.74, 6) is 1.83. The Hall–Kier alpha value is -0.770. The molecule has 0 aromatic rings. The van der Waals surface area contributed by atoms with Gasteiger partial charge in [0.05, 0.1) is 0 Å². The zero-order valence-electron chi connectivity index (χ0n) is 14.5. The predicted molar refractivity (Wildman–Crippen MR) is 84.9 cm³/mol. The molecule has 1 aliphatic carbocycles. The number of likely N-dealkylation sites (tertiary alicyclic amines) is 1. The standard InChI is InChI=1S/C17H32N2O2/c1-11-7-8-12(14-13(9-18)17(14,5)6)10-19(11)15(20)21-16(2,3)4/h11-14H,7-10,18H2,1-6H3/t11-,12?,13-,14-/m1/s1. The summed E-state index contributed by atoms with van der Waals surface area (Å²) >= 11 is 0. The second-order valence-corrected chi connectivity index (χ2v) is 8.51. The Morgan fingerprint density at radius 2 is 1.95 bits per heavy atom. The third-order valence-corrected chi connectivity index (χ3v) is 5.45. The first-order chi connectivity index (χ1) is 9.58. The van der Waals surface area contributed by atoms with Crippen molar-refractivity contribution in [1.82, 2.24) is 4.90 Å². The molecule has 4 nitrogen and oxygen atoms in total. The van der Waals surface area contributed by atoms with Crippen molar-refractivity contribution in [3.05, 3.63) is 0 Å². The van der Waals surface area contributed by atoms with Gasteiger partial charge in [-0.3, -0.25) is 0 Å². The number of carbonyl (C=O) groups is 1. The minimum absolute atomic E-state index is 0.164. The Morgan fingerprint density at radius 3 is 2.43 bits per heavy atom. The minimum atomic E-state index is -0.428. The number of rotatable bonds is 2. The molecule has 4 atom stereocenters. The van der Waals surface area contributed by atoms with Crippen LogP contribution in [0.5, 0.6) is 0 Å². The van der Waals surface area contributed by atoms with Gasteiger partial charge in [-0.05, 0) is 70.3 Å². The molecule has 2 aliphatic rings. The van der Waals surface area contributed by atoms with Crippen LogP contribution >= 0.6 is 0 Å². The molecule has 4 heteroatoms. The molecule has 0 radical (unpaired) electrons. The van der Waals surface area contributed by atoms with Gasteiger partial charge >= 0.3 is 6.09 Å². The van der Waals surface area contributed by atoms with Crippen LogP contribution in [0.1, 0.15) is 54.4 Å². The Labute approximate surface area is 129 Å². The number of hydrogen-bond donors (Lipinski definition) is 1. The molecule has 122 valence electrons. The number of amides is 1. The molecule has 1 amide bonds. The van der Waals surface area contributed by atoms with E-state index >= 15 is 0 Å². The van der Waals surface area contributed by atoms with Crippen LogP contribution in [-0.2, 0) is 4.74 Å². The van der Waals surface area contributed by atoms with E-state index in [1.807, 2.05) is 25.7 Å². The van der Waals surface area contributed by atoms with Gasteiger partial charge in [0.25, 0.3) is 0 Å². The largest absolute Gasteiger partial charge is 0.444 e. The summed E-state index contributed by atoms with van der Waals surface area (Å²) in [4.78, 5) is 14.3. The van der Waals surface area contributed by atoms with Crippen molar-refractivity contribution in [3.8, 4) is 0 Å². The van der Waals surface area contributed by atoms with Gasteiger partial charge in [-0.1, -0.05) is 13.8 Å². The first-order valence-corrected chi connectivity index (χ1v) is 8.27. The molecule has 0 spiro atoms. The molecule has 1 unspecified atom stereocenters. The molecule has 1 saturated heterocycles. The zero-order valence-corrected chi connectivity index (χ0v) is 14.5. The number of nitrogens with zero attached hydrogens (tertiary/aromatic N) is 1. The lowest BCUT2D eigenvalue weighted by Gasteiger charge is -2.39. The molecule has 21 heavy (non-hydrogen) atoms. The van der Waals surface area contributed by atoms with Crippen LogP contribution < -0.4 is 5.73 Å². The molecule has 1 aliphatic heterocycles. The van der Waals surface area contributed by atoms with E-state index in [-0.39, 0.29) is 12.1 Å². The number of nitrogens with two attached hydrogens (primary N) is 1. The van der Waals surface area contributed by atoms with Crippen molar-refractivity contribution in [2.75, 3.05) is 13.1 Å². The lowest BCUT2D eigenvalue weighted by molar-refractivity contribution is 0.00274. The first kappa shape index (κ1) is 16.6. The smallest absolute Gasteiger partial charge is 0.410 e. The second kappa shape index (κ2) is 5.45. The lowest BCUT2D eigenvalue weighted by atomic mass is 9.87. The van der Waals surface area contributed by atoms with Crippen LogP contribution in [0.25, 0.3) is 0 Å². The summed E-state index contributed by atoms with van der Waals surface area (Å²) in [5, 5.41) is 0. The topological polar surface area (TPSA) is 55.6 Å². The maximum atomic E-state index is 12.4. The highest BCUT2D eigenvalue weighted by molar-refractivity contribution is 5.68. The van der Waals surface area contributed by atoms with E-state index in [2.05, 4.69) is 20.8 Å². The van der Waals surface area contributed by atoms with Crippen molar-refractivity contribution in [2.24, 2.45) is 28.9 Å². The van der Waals surface area contributed by atoms with Gasteiger partial charge in [0.15, 0.2) is 0 Å². The highest BCUT2D eigenvalue weighted by Crippen LogP contribution is 2.62. The molecule has 0 aromatic carbocycles. The molecule has 2 rings (SSSR count). The van der Waals surface area contributed by atoms with Gasteiger partial charge in [0.1, 0.15) is 5.60 Å². The van der Waals surface area contributed by atoms with Crippen molar-refractivity contribution in [2.45, 2.75) is 66.0 Å². The third-order valence-electron chi connectivity index (χ3n) is 5.45. The van der Waals surface area contributed by atoms with E-state index < -0.39 is 5.60 Å². The van der Waals surface area contributed by atoms with Gasteiger partial charge in [0, 0.05) is 12.6 Å². The molecule has 0 aromatic heterocycles. The van der Waals surface area contributed by atoms with E-state index in [4.69, 9.17) is 10.5 Å². The number of carbonyl (C=O) groups excluding carboxylic acids is 1. The SMILES string of the molecule is C[C@@H]1CCC([C@@H]2[C@@H](CN)C2(C)C)CN1C(=O)OC(C)(C)C. The Balaban J connectivity index is 2.02. The van der Waals surface area contributed by atoms with Crippen LogP contribution in [-0.4, -0.2) is 35.7 Å². The van der Waals surface area contributed by atoms with Gasteiger partial charge < -0.3 is 15.4 Å². The van der Waals surface area contributed by atoms with Crippen LogP contribution in [0, 0.1) is 23.2 Å². The van der Waals surface area contributed by atoms with E-state index in [1.54, 1.807) is 0 Å². The minimum Gasteiger partial charge on any atom is -0.444 e. The van der Waals surface area contributed by atoms with Crippen LogP contribution in [0.2, 0.25) is 0 Å². The number of hydrogen-bond acceptors (Lipinski definition) is 3. The van der Waals surface area contributed by atoms with E-state index in [0.717, 1.165) is 19.5 Å². The Kier molecular flexibility index (Phi) is 4.31. The normalized spacial score (nSPS) is 35.5. The molecular weight excluding hydrogens is 264 g/mol. The van der Waals surface area contributed by atoms with Crippen LogP contribution in [0.3, 0.4) is 0 Å². The van der Waals surface area contributed by atoms with Crippen molar-refractivity contribution < 1.29 is 9.53 Å². The number of ether oxygens (including phenoxy) is 1. The fourth-order valence-electron chi connectivity index (χ4n) is 4.18. The predicted octanol–water partition coefficient (Wildman–Crippen LogP) is 3.25. The average Bonchev–Trinajstić information content (AvgIpc) is 2.89. The summed E-state index contributed by atoms with van der Waals surface area (Å²) in [6.45, 7) is 14.1. The zero-order chi connectivity index (χ0) is 16.0. The van der Waals surface area contributed by atoms with Gasteiger partial charge in [0.2, 0.25) is 0 Å². The monoisotopic (exact) mass is 296 g/mol. The lowest BCUT2D eigenvalue weighted by Crippen LogP contribution is -2.48. The van der Waals surface area contributed by atoms with Gasteiger partial charge in [-0.2, -0.15) is 0 Å². The molecule has 2 N–H and O–H groups in total.